The Morgan fingerprint density at radius 2 is 2.26 bits per heavy atom. The van der Waals surface area contributed by atoms with Gasteiger partial charge in [-0.2, -0.15) is 0 Å². The van der Waals surface area contributed by atoms with Crippen molar-refractivity contribution in [2.24, 2.45) is 5.73 Å². The average molecular weight is 341 g/mol. The molecule has 1 aromatic rings. The number of nitrogens with zero attached hydrogens (tertiary/aromatic N) is 1. The van der Waals surface area contributed by atoms with Gasteiger partial charge in [-0.1, -0.05) is 0 Å². The van der Waals surface area contributed by atoms with Crippen molar-refractivity contribution in [1.82, 2.24) is 5.32 Å². The summed E-state index contributed by atoms with van der Waals surface area (Å²) in [6, 6.07) is 0.131. The van der Waals surface area contributed by atoms with Gasteiger partial charge >= 0.3 is 5.97 Å². The van der Waals surface area contributed by atoms with Crippen LogP contribution in [0.4, 0.5) is 5.00 Å². The zero-order valence-electron chi connectivity index (χ0n) is 12.9. The summed E-state index contributed by atoms with van der Waals surface area (Å²) in [5.41, 5.74) is 5.98. The molecule has 0 aromatic carbocycles. The number of hydrogen-bond acceptors (Lipinski definition) is 7. The lowest BCUT2D eigenvalue weighted by molar-refractivity contribution is -0.128. The Morgan fingerprint density at radius 3 is 2.91 bits per heavy atom. The van der Waals surface area contributed by atoms with E-state index in [0.29, 0.717) is 23.5 Å². The van der Waals surface area contributed by atoms with Gasteiger partial charge in [0.05, 0.1) is 19.3 Å². The Balaban J connectivity index is 2.06. The molecule has 23 heavy (non-hydrogen) atoms. The number of carbonyl (C=O) groups is 3. The number of nitrogens with two attached hydrogens (primary N) is 1. The molecular weight excluding hydrogens is 322 g/mol. The monoisotopic (exact) mass is 341 g/mol. The maximum atomic E-state index is 12.5. The van der Waals surface area contributed by atoms with E-state index in [0.717, 1.165) is 0 Å². The zero-order chi connectivity index (χ0) is 17.0. The number of anilines is 1. The standard InChI is InChI=1S/C14H19N3O5S/c1-21-7-9(15)11(18)16-10-3-5-17(12(10)19)13-8(4-6-23-13)14(20)22-2/h4,6,9-10H,3,5,7,15H2,1-2H3,(H,16,18). The number of hydrogen-bond donors (Lipinski definition) is 2. The fraction of sp³-hybridized carbons (Fsp3) is 0.500. The molecule has 1 saturated heterocycles. The number of rotatable bonds is 6. The smallest absolute Gasteiger partial charge is 0.340 e. The third kappa shape index (κ3) is 3.69. The van der Waals surface area contributed by atoms with Crippen LogP contribution in [0.25, 0.3) is 0 Å². The van der Waals surface area contributed by atoms with Crippen molar-refractivity contribution in [3.8, 4) is 0 Å². The Hall–Kier alpha value is -1.97. The molecule has 9 heteroatoms. The molecule has 0 radical (unpaired) electrons. The average Bonchev–Trinajstić information content (AvgIpc) is 3.14. The topological polar surface area (TPSA) is 111 Å². The fourth-order valence-corrected chi connectivity index (χ4v) is 3.24. The van der Waals surface area contributed by atoms with Gasteiger partial charge in [-0.3, -0.25) is 9.59 Å². The Kier molecular flexibility index (Phi) is 5.69. The summed E-state index contributed by atoms with van der Waals surface area (Å²) in [6.45, 7) is 0.488. The molecule has 1 aliphatic heterocycles. The molecule has 2 unspecified atom stereocenters. The number of ether oxygens (including phenoxy) is 2. The SMILES string of the molecule is COCC(N)C(=O)NC1CCN(c2sccc2C(=O)OC)C1=O. The first kappa shape index (κ1) is 17.4. The van der Waals surface area contributed by atoms with Crippen molar-refractivity contribution in [2.75, 3.05) is 32.3 Å². The molecule has 2 amide bonds. The van der Waals surface area contributed by atoms with Gasteiger partial charge in [0.2, 0.25) is 11.8 Å². The predicted octanol–water partition coefficient (Wildman–Crippen LogP) is -0.270. The molecule has 1 fully saturated rings. The van der Waals surface area contributed by atoms with Crippen molar-refractivity contribution in [2.45, 2.75) is 18.5 Å². The summed E-state index contributed by atoms with van der Waals surface area (Å²) >= 11 is 1.28. The third-order valence-electron chi connectivity index (χ3n) is 3.50. The van der Waals surface area contributed by atoms with Gasteiger partial charge < -0.3 is 25.4 Å². The molecule has 3 N–H and O–H groups in total. The van der Waals surface area contributed by atoms with Crippen LogP contribution in [0.3, 0.4) is 0 Å². The summed E-state index contributed by atoms with van der Waals surface area (Å²) in [4.78, 5) is 37.6. The van der Waals surface area contributed by atoms with Crippen molar-refractivity contribution in [3.63, 3.8) is 0 Å². The second-order valence-corrected chi connectivity index (χ2v) is 5.93. The highest BCUT2D eigenvalue weighted by Crippen LogP contribution is 2.31. The van der Waals surface area contributed by atoms with Crippen molar-refractivity contribution in [3.05, 3.63) is 17.0 Å². The number of carbonyl (C=O) groups excluding carboxylic acids is 3. The Bertz CT molecular complexity index is 603. The van der Waals surface area contributed by atoms with Crippen LogP contribution < -0.4 is 16.0 Å². The van der Waals surface area contributed by atoms with Crippen LogP contribution in [0.5, 0.6) is 0 Å². The number of methoxy groups -OCH3 is 2. The first-order valence-corrected chi connectivity index (χ1v) is 7.89. The summed E-state index contributed by atoms with van der Waals surface area (Å²) in [7, 11) is 2.73. The van der Waals surface area contributed by atoms with Gasteiger partial charge in [-0.25, -0.2) is 4.79 Å². The summed E-state index contributed by atoms with van der Waals surface area (Å²) in [5.74, 6) is -1.20. The van der Waals surface area contributed by atoms with E-state index in [1.54, 1.807) is 11.4 Å². The highest BCUT2D eigenvalue weighted by molar-refractivity contribution is 7.14. The maximum absolute atomic E-state index is 12.5. The van der Waals surface area contributed by atoms with Crippen LogP contribution in [-0.2, 0) is 19.1 Å². The molecule has 8 nitrogen and oxygen atoms in total. The lowest BCUT2D eigenvalue weighted by Gasteiger charge is -2.18. The van der Waals surface area contributed by atoms with Crippen LogP contribution in [0, 0.1) is 0 Å². The van der Waals surface area contributed by atoms with Crippen LogP contribution in [0.2, 0.25) is 0 Å². The van der Waals surface area contributed by atoms with Crippen molar-refractivity contribution < 1.29 is 23.9 Å². The van der Waals surface area contributed by atoms with Gasteiger partial charge in [0.25, 0.3) is 0 Å². The predicted molar refractivity (Wildman–Crippen MR) is 84.4 cm³/mol. The molecule has 1 aliphatic rings. The first-order valence-electron chi connectivity index (χ1n) is 7.01. The van der Waals surface area contributed by atoms with E-state index < -0.39 is 24.0 Å². The molecule has 2 atom stereocenters. The summed E-state index contributed by atoms with van der Waals surface area (Å²) in [6.07, 6.45) is 0.447. The molecule has 2 heterocycles. The second-order valence-electron chi connectivity index (χ2n) is 5.03. The van der Waals surface area contributed by atoms with E-state index in [1.807, 2.05) is 0 Å². The molecule has 2 rings (SSSR count). The van der Waals surface area contributed by atoms with Crippen molar-refractivity contribution in [1.29, 1.82) is 0 Å². The van der Waals surface area contributed by atoms with Crippen molar-refractivity contribution >= 4 is 34.1 Å². The van der Waals surface area contributed by atoms with Crippen LogP contribution in [0.1, 0.15) is 16.8 Å². The minimum atomic E-state index is -0.825. The zero-order valence-corrected chi connectivity index (χ0v) is 13.7. The Labute approximate surface area is 137 Å². The molecular formula is C14H19N3O5S. The van der Waals surface area contributed by atoms with Gasteiger partial charge in [0.15, 0.2) is 0 Å². The summed E-state index contributed by atoms with van der Waals surface area (Å²) < 4.78 is 9.53. The van der Waals surface area contributed by atoms with Crippen LogP contribution >= 0.6 is 11.3 Å². The van der Waals surface area contributed by atoms with Crippen LogP contribution in [0.15, 0.2) is 11.4 Å². The third-order valence-corrected chi connectivity index (χ3v) is 4.44. The lowest BCUT2D eigenvalue weighted by Crippen LogP contribution is -2.50. The van der Waals surface area contributed by atoms with E-state index in [4.69, 9.17) is 15.2 Å². The van der Waals surface area contributed by atoms with Gasteiger partial charge in [0.1, 0.15) is 17.1 Å². The number of nitrogens with one attached hydrogen (secondary N) is 1. The van der Waals surface area contributed by atoms with Crippen LogP contribution in [-0.4, -0.2) is 57.2 Å². The number of thiophene rings is 1. The second kappa shape index (κ2) is 7.53. The lowest BCUT2D eigenvalue weighted by atomic mass is 10.2. The highest BCUT2D eigenvalue weighted by Gasteiger charge is 2.36. The molecule has 126 valence electrons. The normalized spacial score (nSPS) is 18.8. The van der Waals surface area contributed by atoms with E-state index in [1.165, 1.54) is 30.5 Å². The molecule has 0 saturated carbocycles. The molecule has 0 spiro atoms. The van der Waals surface area contributed by atoms with Gasteiger partial charge in [-0.15, -0.1) is 11.3 Å². The summed E-state index contributed by atoms with van der Waals surface area (Å²) in [5, 5.41) is 4.87. The molecule has 1 aromatic heterocycles. The number of amides is 2. The first-order chi connectivity index (χ1) is 11.0. The number of esters is 1. The Morgan fingerprint density at radius 1 is 1.52 bits per heavy atom. The largest absolute Gasteiger partial charge is 0.465 e. The van der Waals surface area contributed by atoms with E-state index in [9.17, 15) is 14.4 Å². The quantitative estimate of drug-likeness (QED) is 0.689. The highest BCUT2D eigenvalue weighted by atomic mass is 32.1. The van der Waals surface area contributed by atoms with Gasteiger partial charge in [0, 0.05) is 13.7 Å². The van der Waals surface area contributed by atoms with Gasteiger partial charge in [-0.05, 0) is 17.9 Å². The minimum absolute atomic E-state index is 0.0773. The molecule has 0 aliphatic carbocycles. The molecule has 0 bridgehead atoms. The van der Waals surface area contributed by atoms with E-state index >= 15 is 0 Å². The maximum Gasteiger partial charge on any atom is 0.340 e. The van der Waals surface area contributed by atoms with E-state index in [2.05, 4.69) is 5.32 Å². The van der Waals surface area contributed by atoms with E-state index in [-0.39, 0.29) is 12.5 Å². The fourth-order valence-electron chi connectivity index (χ4n) is 2.33. The minimum Gasteiger partial charge on any atom is -0.465 e.